The number of rotatable bonds is 18. The minimum absolute atomic E-state index is 0.0569. The molecule has 1 saturated heterocycles. The smallest absolute Gasteiger partial charge is 0.330 e. The Balaban J connectivity index is 1.69. The summed E-state index contributed by atoms with van der Waals surface area (Å²) in [5.41, 5.74) is -0.00844. The summed E-state index contributed by atoms with van der Waals surface area (Å²) in [7, 11) is 1.29. The Morgan fingerprint density at radius 3 is 1.98 bits per heavy atom. The first-order valence-corrected chi connectivity index (χ1v) is 19.9. The van der Waals surface area contributed by atoms with Crippen LogP contribution in [0.5, 0.6) is 11.5 Å². The van der Waals surface area contributed by atoms with Crippen LogP contribution in [0, 0.1) is 18.3 Å². The third-order valence-corrected chi connectivity index (χ3v) is 11.6. The number of hydrogen-bond acceptors (Lipinski definition) is 12. The van der Waals surface area contributed by atoms with Crippen molar-refractivity contribution in [3.8, 4) is 17.6 Å². The van der Waals surface area contributed by atoms with E-state index in [-0.39, 0.29) is 37.3 Å². The van der Waals surface area contributed by atoms with Gasteiger partial charge in [-0.25, -0.2) is 9.46 Å². The van der Waals surface area contributed by atoms with Gasteiger partial charge in [-0.2, -0.15) is 5.26 Å². The second kappa shape index (κ2) is 19.5. The van der Waals surface area contributed by atoms with Crippen LogP contribution >= 0.6 is 8.53 Å². The number of nitriles is 1. The van der Waals surface area contributed by atoms with Crippen molar-refractivity contribution in [3.63, 3.8) is 0 Å². The summed E-state index contributed by atoms with van der Waals surface area (Å²) in [6.07, 6.45) is -3.04. The van der Waals surface area contributed by atoms with Gasteiger partial charge in [0.2, 0.25) is 0 Å². The van der Waals surface area contributed by atoms with Gasteiger partial charge in [-0.1, -0.05) is 54.6 Å². The normalized spacial score (nSPS) is 18.8. The van der Waals surface area contributed by atoms with Crippen LogP contribution in [0.25, 0.3) is 0 Å². The number of H-pyrrole nitrogens is 1. The number of esters is 1. The lowest BCUT2D eigenvalue weighted by atomic mass is 9.80. The minimum Gasteiger partial charge on any atom is -0.497 e. The van der Waals surface area contributed by atoms with E-state index in [2.05, 4.69) is 11.1 Å². The van der Waals surface area contributed by atoms with E-state index in [9.17, 15) is 19.6 Å². The van der Waals surface area contributed by atoms with Crippen LogP contribution in [0.15, 0.2) is 94.6 Å². The number of nitrogens with one attached hydrogen (secondary N) is 1. The number of aryl methyl sites for hydroxylation is 1. The van der Waals surface area contributed by atoms with E-state index in [1.165, 1.54) is 17.7 Å². The molecule has 57 heavy (non-hydrogen) atoms. The van der Waals surface area contributed by atoms with Crippen LogP contribution in [-0.2, 0) is 33.7 Å². The fourth-order valence-electron chi connectivity index (χ4n) is 6.97. The summed E-state index contributed by atoms with van der Waals surface area (Å²) in [6.45, 7) is 10.8. The van der Waals surface area contributed by atoms with Crippen LogP contribution in [0.4, 0.5) is 0 Å². The molecule has 0 radical (unpaired) electrons. The van der Waals surface area contributed by atoms with E-state index in [0.29, 0.717) is 11.5 Å². The second-order valence-electron chi connectivity index (χ2n) is 14.0. The van der Waals surface area contributed by atoms with Crippen molar-refractivity contribution in [2.24, 2.45) is 0 Å². The van der Waals surface area contributed by atoms with E-state index in [1.54, 1.807) is 21.1 Å². The highest BCUT2D eigenvalue weighted by molar-refractivity contribution is 7.44. The fourth-order valence-corrected chi connectivity index (χ4v) is 8.73. The Bertz CT molecular complexity index is 2030. The zero-order chi connectivity index (χ0) is 41.3. The largest absolute Gasteiger partial charge is 0.497 e. The first kappa shape index (κ1) is 43.3. The second-order valence-corrected chi connectivity index (χ2v) is 15.5. The molecule has 1 fully saturated rings. The molecule has 1 unspecified atom stereocenters. The van der Waals surface area contributed by atoms with Gasteiger partial charge in [-0.15, -0.1) is 0 Å². The Morgan fingerprint density at radius 2 is 1.47 bits per heavy atom. The van der Waals surface area contributed by atoms with Crippen LogP contribution in [0.1, 0.15) is 69.5 Å². The van der Waals surface area contributed by atoms with Gasteiger partial charge < -0.3 is 32.7 Å². The molecule has 0 saturated carbocycles. The highest BCUT2D eigenvalue weighted by Gasteiger charge is 2.52. The van der Waals surface area contributed by atoms with Gasteiger partial charge in [0.15, 0.2) is 12.3 Å². The number of nitrogens with zero attached hydrogens (tertiary/aromatic N) is 3. The third-order valence-electron chi connectivity index (χ3n) is 9.52. The van der Waals surface area contributed by atoms with E-state index in [1.807, 2.05) is 111 Å². The molecule has 0 aliphatic carbocycles. The predicted octanol–water partition coefficient (Wildman–Crippen LogP) is 6.36. The number of aromatic nitrogens is 2. The van der Waals surface area contributed by atoms with Crippen LogP contribution in [0.3, 0.4) is 0 Å². The molecular formula is C42H51N4O10P. The van der Waals surface area contributed by atoms with Crippen molar-refractivity contribution in [3.05, 3.63) is 128 Å². The average molecular weight is 803 g/mol. The Morgan fingerprint density at radius 1 is 0.912 bits per heavy atom. The molecule has 2 heterocycles. The van der Waals surface area contributed by atoms with Gasteiger partial charge >= 0.3 is 11.7 Å². The van der Waals surface area contributed by atoms with Crippen LogP contribution in [-0.4, -0.2) is 78.0 Å². The summed E-state index contributed by atoms with van der Waals surface area (Å²) in [5.74, 6) is 0.662. The molecule has 0 bridgehead atoms. The number of hydrogen-bond donors (Lipinski definition) is 1. The maximum absolute atomic E-state index is 13.4. The predicted molar refractivity (Wildman–Crippen MR) is 214 cm³/mol. The van der Waals surface area contributed by atoms with Gasteiger partial charge in [-0.3, -0.25) is 19.1 Å². The Hall–Kier alpha value is -4.87. The number of carbonyl (C=O) groups excluding carboxylic acids is 1. The van der Waals surface area contributed by atoms with Crippen molar-refractivity contribution >= 4 is 14.5 Å². The topological polar surface area (TPSA) is 164 Å². The summed E-state index contributed by atoms with van der Waals surface area (Å²) in [5, 5.41) is 9.38. The van der Waals surface area contributed by atoms with E-state index >= 15 is 0 Å². The average Bonchev–Trinajstić information content (AvgIpc) is 3.52. The van der Waals surface area contributed by atoms with Crippen molar-refractivity contribution in [1.29, 1.82) is 5.26 Å². The van der Waals surface area contributed by atoms with Crippen molar-refractivity contribution in [1.82, 2.24) is 14.2 Å². The van der Waals surface area contributed by atoms with Crippen LogP contribution in [0.2, 0.25) is 0 Å². The maximum Gasteiger partial charge on any atom is 0.330 e. The SMILES string of the molecule is COc1ccc(C(OC[C@H]2O[C@@H](n3cc(C)c(=O)[nH]c3=O)[C@H](OC(C)=O)[C@H]2OP(OCCC#N)N(C(C)C)C(C)C)(c2ccccc2)c2ccc(OC)cc2)cc1. The van der Waals surface area contributed by atoms with Crippen LogP contribution < -0.4 is 20.7 Å². The molecule has 5 rings (SSSR count). The molecule has 304 valence electrons. The summed E-state index contributed by atoms with van der Waals surface area (Å²) >= 11 is 0. The number of carbonyl (C=O) groups is 1. The number of aromatic amines is 1. The standard InChI is InChI=1S/C42H51N4O10P/c1-27(2)46(28(3)4)57(53-24-12-23-43)56-37-36(55-40(38(37)54-30(6)47)45-25-29(5)39(48)44-41(45)49)26-52-42(31-13-10-9-11-14-31,32-15-19-34(50-7)20-16-32)33-17-21-35(51-8)22-18-33/h9-11,13-22,25,27-28,36-38,40H,12,24,26H2,1-8H3,(H,44,48,49)/t36-,37+,38-,40-,57?/m1/s1. The van der Waals surface area contributed by atoms with E-state index in [4.69, 9.17) is 32.7 Å². The van der Waals surface area contributed by atoms with Gasteiger partial charge in [0.1, 0.15) is 29.3 Å². The molecule has 5 atom stereocenters. The molecule has 4 aromatic rings. The molecule has 15 heteroatoms. The molecule has 1 aliphatic heterocycles. The zero-order valence-electron chi connectivity index (χ0n) is 33.5. The van der Waals surface area contributed by atoms with Gasteiger partial charge in [0.05, 0.1) is 39.9 Å². The molecular weight excluding hydrogens is 751 g/mol. The number of ether oxygens (including phenoxy) is 5. The summed E-state index contributed by atoms with van der Waals surface area (Å²) < 4.78 is 47.4. The number of benzene rings is 3. The summed E-state index contributed by atoms with van der Waals surface area (Å²) in [6, 6.07) is 26.8. The fraction of sp³-hybridized carbons (Fsp3) is 0.429. The zero-order valence-corrected chi connectivity index (χ0v) is 34.4. The highest BCUT2D eigenvalue weighted by atomic mass is 31.2. The first-order valence-electron chi connectivity index (χ1n) is 18.7. The van der Waals surface area contributed by atoms with Gasteiger partial charge in [0, 0.05) is 30.8 Å². The quantitative estimate of drug-likeness (QED) is 0.0514. The van der Waals surface area contributed by atoms with Crippen molar-refractivity contribution < 1.29 is 37.5 Å². The van der Waals surface area contributed by atoms with Crippen molar-refractivity contribution in [2.75, 3.05) is 27.4 Å². The van der Waals surface area contributed by atoms with E-state index in [0.717, 1.165) is 16.7 Å². The van der Waals surface area contributed by atoms with Gasteiger partial charge in [-0.05, 0) is 75.6 Å². The molecule has 1 aromatic heterocycles. The van der Waals surface area contributed by atoms with Crippen molar-refractivity contribution in [2.45, 2.75) is 90.2 Å². The lowest BCUT2D eigenvalue weighted by molar-refractivity contribution is -0.155. The maximum atomic E-state index is 13.4. The number of methoxy groups -OCH3 is 2. The Kier molecular flexibility index (Phi) is 14.8. The lowest BCUT2D eigenvalue weighted by Gasteiger charge is -2.39. The molecule has 0 spiro atoms. The third kappa shape index (κ3) is 9.82. The Labute approximate surface area is 334 Å². The monoisotopic (exact) mass is 802 g/mol. The molecule has 1 aliphatic rings. The lowest BCUT2D eigenvalue weighted by Crippen LogP contribution is -2.44. The minimum atomic E-state index is -1.91. The molecule has 3 aromatic carbocycles. The first-order chi connectivity index (χ1) is 27.3. The van der Waals surface area contributed by atoms with E-state index < -0.39 is 55.9 Å². The molecule has 0 amide bonds. The molecule has 1 N–H and O–H groups in total. The summed E-state index contributed by atoms with van der Waals surface area (Å²) in [4.78, 5) is 41.1. The highest BCUT2D eigenvalue weighted by Crippen LogP contribution is 2.51. The van der Waals surface area contributed by atoms with Gasteiger partial charge in [0.25, 0.3) is 14.1 Å². The molecule has 14 nitrogen and oxygen atoms in total.